The Bertz CT molecular complexity index is 1640. The van der Waals surface area contributed by atoms with Gasteiger partial charge in [0.05, 0.1) is 17.7 Å². The van der Waals surface area contributed by atoms with E-state index in [1.165, 1.54) is 5.01 Å². The molecular weight excluding hydrogens is 715 g/mol. The number of nitrogens with zero attached hydrogens (tertiary/aromatic N) is 2. The van der Waals surface area contributed by atoms with Crippen LogP contribution in [0.25, 0.3) is 6.08 Å². The van der Waals surface area contributed by atoms with Crippen LogP contribution in [0.5, 0.6) is 5.75 Å². The van der Waals surface area contributed by atoms with Gasteiger partial charge < -0.3 is 24.5 Å². The Morgan fingerprint density at radius 2 is 1.80 bits per heavy atom. The molecule has 55 heavy (non-hydrogen) atoms. The average Bonchev–Trinajstić information content (AvgIpc) is 3.14. The molecule has 13 heteroatoms. The number of carbonyl (C=O) groups excluding carboxylic acids is 4. The van der Waals surface area contributed by atoms with Crippen molar-refractivity contribution in [3.8, 4) is 5.75 Å². The van der Waals surface area contributed by atoms with Crippen molar-refractivity contribution in [1.82, 2.24) is 26.1 Å². The van der Waals surface area contributed by atoms with E-state index in [9.17, 15) is 19.2 Å². The molecule has 0 bridgehead atoms. The van der Waals surface area contributed by atoms with Gasteiger partial charge in [0.15, 0.2) is 0 Å². The van der Waals surface area contributed by atoms with Gasteiger partial charge in [-0.25, -0.2) is 5.43 Å². The summed E-state index contributed by atoms with van der Waals surface area (Å²) < 4.78 is 17.7. The number of aromatic nitrogens is 1. The van der Waals surface area contributed by atoms with Crippen molar-refractivity contribution < 1.29 is 33.1 Å². The van der Waals surface area contributed by atoms with Crippen LogP contribution in [-0.2, 0) is 41.7 Å². The first-order valence-electron chi connectivity index (χ1n) is 19.2. The maximum atomic E-state index is 14.4. The Hall–Kier alpha value is -4.33. The minimum atomic E-state index is -2.17. The van der Waals surface area contributed by atoms with Crippen molar-refractivity contribution in [3.63, 3.8) is 0 Å². The molecule has 1 aromatic carbocycles. The fraction of sp³-hybridized carbons (Fsp3) is 0.548. The van der Waals surface area contributed by atoms with Gasteiger partial charge in [0, 0.05) is 26.3 Å². The number of hydrogen-bond acceptors (Lipinski definition) is 9. The van der Waals surface area contributed by atoms with Crippen LogP contribution in [-0.4, -0.2) is 79.9 Å². The van der Waals surface area contributed by atoms with E-state index in [0.29, 0.717) is 43.7 Å². The van der Waals surface area contributed by atoms with Crippen molar-refractivity contribution >= 4 is 38.1 Å². The fourth-order valence-corrected chi connectivity index (χ4v) is 7.00. The topological polar surface area (TPSA) is 148 Å². The van der Waals surface area contributed by atoms with Crippen LogP contribution in [0.1, 0.15) is 84.0 Å². The molecule has 0 radical (unpaired) electrons. The van der Waals surface area contributed by atoms with Crippen LogP contribution < -0.4 is 20.5 Å². The standard InChI is InChI=1S/C42H63N5O7Si/c1-12-14-20-36(52-9)29(5)38(48)45-37(28(3)4)39(49)44-35(26-31-17-15-18-33(25-31)54-55(10,11)42(6,7)8)40(50)47-23-16-19-34(46-47)41(51)53-27-32-24-30(13-2)21-22-43-32/h12-13,15,17-18,21-22,24-25,28-29,34-37,46H,1-2,14,16,19-20,23,26-27H2,3-11H3,(H,44,49)(H,45,48). The molecule has 1 aliphatic heterocycles. The number of hydrazine groups is 1. The van der Waals surface area contributed by atoms with E-state index in [-0.39, 0.29) is 36.0 Å². The zero-order chi connectivity index (χ0) is 40.9. The number of amides is 3. The molecule has 3 N–H and O–H groups in total. The van der Waals surface area contributed by atoms with E-state index < -0.39 is 50.1 Å². The van der Waals surface area contributed by atoms with Crippen molar-refractivity contribution in [3.05, 3.63) is 78.6 Å². The first-order chi connectivity index (χ1) is 25.9. The number of nitrogens with one attached hydrogen (secondary N) is 3. The molecule has 0 saturated carbocycles. The molecule has 5 atom stereocenters. The van der Waals surface area contributed by atoms with E-state index in [1.54, 1.807) is 44.5 Å². The van der Waals surface area contributed by atoms with E-state index >= 15 is 0 Å². The number of carbonyl (C=O) groups is 4. The van der Waals surface area contributed by atoms with Gasteiger partial charge in [-0.05, 0) is 85.1 Å². The van der Waals surface area contributed by atoms with Crippen LogP contribution in [0.2, 0.25) is 18.1 Å². The van der Waals surface area contributed by atoms with Gasteiger partial charge >= 0.3 is 5.97 Å². The van der Waals surface area contributed by atoms with Crippen molar-refractivity contribution in [1.29, 1.82) is 0 Å². The number of allylic oxidation sites excluding steroid dienone is 1. The van der Waals surface area contributed by atoms with E-state index in [2.05, 4.69) is 68.1 Å². The zero-order valence-electron chi connectivity index (χ0n) is 34.3. The fourth-order valence-electron chi connectivity index (χ4n) is 5.98. The monoisotopic (exact) mass is 777 g/mol. The van der Waals surface area contributed by atoms with Crippen LogP contribution in [0, 0.1) is 11.8 Å². The molecule has 1 aromatic heterocycles. The lowest BCUT2D eigenvalue weighted by Gasteiger charge is -2.36. The molecule has 1 fully saturated rings. The summed E-state index contributed by atoms with van der Waals surface area (Å²) in [5.41, 5.74) is 5.27. The molecule has 5 unspecified atom stereocenters. The number of ether oxygens (including phenoxy) is 2. The Kier molecular flexibility index (Phi) is 16.8. The maximum Gasteiger partial charge on any atom is 0.325 e. The predicted molar refractivity (Wildman–Crippen MR) is 218 cm³/mol. The van der Waals surface area contributed by atoms with Crippen molar-refractivity contribution in [2.24, 2.45) is 11.8 Å². The lowest BCUT2D eigenvalue weighted by Crippen LogP contribution is -2.62. The summed E-state index contributed by atoms with van der Waals surface area (Å²) in [5.74, 6) is -1.89. The second-order valence-electron chi connectivity index (χ2n) is 16.1. The van der Waals surface area contributed by atoms with Gasteiger partial charge in [0.25, 0.3) is 5.91 Å². The summed E-state index contributed by atoms with van der Waals surface area (Å²) in [6.07, 6.45) is 7.15. The quantitative estimate of drug-likeness (QED) is 0.0871. The lowest BCUT2D eigenvalue weighted by molar-refractivity contribution is -0.154. The highest BCUT2D eigenvalue weighted by Crippen LogP contribution is 2.37. The number of pyridine rings is 1. The van der Waals surface area contributed by atoms with E-state index in [0.717, 1.165) is 11.1 Å². The molecule has 3 amide bonds. The summed E-state index contributed by atoms with van der Waals surface area (Å²) in [4.78, 5) is 59.4. The molecule has 12 nitrogen and oxygen atoms in total. The van der Waals surface area contributed by atoms with Gasteiger partial charge in [-0.1, -0.05) is 72.4 Å². The number of methoxy groups -OCH3 is 1. The molecule has 1 saturated heterocycles. The van der Waals surface area contributed by atoms with Crippen LogP contribution in [0.3, 0.4) is 0 Å². The number of esters is 1. The maximum absolute atomic E-state index is 14.4. The van der Waals surface area contributed by atoms with Gasteiger partial charge in [0.1, 0.15) is 30.5 Å². The summed E-state index contributed by atoms with van der Waals surface area (Å²) >= 11 is 0. The number of benzene rings is 1. The molecule has 1 aliphatic rings. The smallest absolute Gasteiger partial charge is 0.325 e. The first kappa shape index (κ1) is 45.1. The third kappa shape index (κ3) is 13.1. The van der Waals surface area contributed by atoms with E-state index in [1.807, 2.05) is 38.1 Å². The minimum Gasteiger partial charge on any atom is -0.543 e. The van der Waals surface area contributed by atoms with E-state index in [4.69, 9.17) is 13.9 Å². The molecule has 3 rings (SSSR count). The normalized spacial score (nSPS) is 17.0. The summed E-state index contributed by atoms with van der Waals surface area (Å²) in [5, 5.41) is 7.25. The largest absolute Gasteiger partial charge is 0.543 e. The number of rotatable bonds is 19. The minimum absolute atomic E-state index is 0.0258. The Balaban J connectivity index is 1.86. The SMILES string of the molecule is C=CCCC(OC)C(C)C(=O)NC(C(=O)NC(Cc1cccc(O[Si](C)(C)C(C)(C)C)c1)C(=O)N1CCCC(C(=O)OCc2cc(C=C)ccn2)N1)C(C)C. The van der Waals surface area contributed by atoms with Crippen LogP contribution >= 0.6 is 0 Å². The zero-order valence-corrected chi connectivity index (χ0v) is 35.3. The highest BCUT2D eigenvalue weighted by Gasteiger charge is 2.39. The predicted octanol–water partition coefficient (Wildman–Crippen LogP) is 6.13. The molecule has 2 aromatic rings. The summed E-state index contributed by atoms with van der Waals surface area (Å²) in [7, 11) is -0.607. The summed E-state index contributed by atoms with van der Waals surface area (Å²) in [6.45, 7) is 24.1. The lowest BCUT2D eigenvalue weighted by atomic mass is 9.96. The summed E-state index contributed by atoms with van der Waals surface area (Å²) in [6, 6.07) is 8.41. The molecule has 0 spiro atoms. The Morgan fingerprint density at radius 1 is 1.07 bits per heavy atom. The Morgan fingerprint density at radius 3 is 2.44 bits per heavy atom. The Labute approximate surface area is 329 Å². The molecular formula is C42H63N5O7Si. The first-order valence-corrected chi connectivity index (χ1v) is 22.2. The second-order valence-corrected chi connectivity index (χ2v) is 20.9. The average molecular weight is 778 g/mol. The van der Waals surface area contributed by atoms with Gasteiger partial charge in [0.2, 0.25) is 20.1 Å². The third-order valence-electron chi connectivity index (χ3n) is 10.5. The van der Waals surface area contributed by atoms with Crippen molar-refractivity contribution in [2.45, 2.75) is 123 Å². The van der Waals surface area contributed by atoms with Crippen molar-refractivity contribution in [2.75, 3.05) is 13.7 Å². The number of hydrogen-bond donors (Lipinski definition) is 3. The molecule has 302 valence electrons. The third-order valence-corrected chi connectivity index (χ3v) is 14.8. The molecule has 0 aliphatic carbocycles. The van der Waals surface area contributed by atoms with Crippen LogP contribution in [0.15, 0.2) is 61.8 Å². The van der Waals surface area contributed by atoms with Gasteiger partial charge in [-0.2, -0.15) is 0 Å². The highest BCUT2D eigenvalue weighted by molar-refractivity contribution is 6.74. The van der Waals surface area contributed by atoms with Crippen LogP contribution in [0.4, 0.5) is 0 Å². The highest BCUT2D eigenvalue weighted by atomic mass is 28.4. The second kappa shape index (κ2) is 20.5. The van der Waals surface area contributed by atoms with Gasteiger partial charge in [-0.15, -0.1) is 6.58 Å². The van der Waals surface area contributed by atoms with Gasteiger partial charge in [-0.3, -0.25) is 29.2 Å². The molecule has 2 heterocycles.